The normalized spacial score (nSPS) is 23.8. The first-order valence-electron chi connectivity index (χ1n) is 5.99. The zero-order valence-corrected chi connectivity index (χ0v) is 13.3. The van der Waals surface area contributed by atoms with E-state index in [9.17, 15) is 4.79 Å². The Morgan fingerprint density at radius 3 is 2.74 bits per heavy atom. The summed E-state index contributed by atoms with van der Waals surface area (Å²) >= 11 is 1.49. The third-order valence-electron chi connectivity index (χ3n) is 3.19. The summed E-state index contributed by atoms with van der Waals surface area (Å²) in [6.07, 6.45) is 0. The van der Waals surface area contributed by atoms with E-state index in [1.165, 1.54) is 11.3 Å². The van der Waals surface area contributed by atoms with Crippen molar-refractivity contribution in [3.63, 3.8) is 0 Å². The second-order valence-corrected chi connectivity index (χ2v) is 6.14. The second kappa shape index (κ2) is 6.17. The number of aryl methyl sites for hydroxylation is 2. The minimum Gasteiger partial charge on any atom is -0.363 e. The lowest BCUT2D eigenvalue weighted by molar-refractivity contribution is -0.149. The highest BCUT2D eigenvalue weighted by atomic mass is 35.5. The van der Waals surface area contributed by atoms with Gasteiger partial charge in [0.05, 0.1) is 12.3 Å². The van der Waals surface area contributed by atoms with Gasteiger partial charge in [-0.05, 0) is 27.8 Å². The lowest BCUT2D eigenvalue weighted by atomic mass is 10.0. The molecule has 0 aliphatic carbocycles. The number of ether oxygens (including phenoxy) is 1. The predicted octanol–water partition coefficient (Wildman–Crippen LogP) is 1.84. The first-order chi connectivity index (χ1) is 8.40. The van der Waals surface area contributed by atoms with E-state index in [0.717, 1.165) is 17.1 Å². The van der Waals surface area contributed by atoms with E-state index >= 15 is 0 Å². The number of aromatic nitrogens is 1. The Balaban J connectivity index is 0.00000180. The van der Waals surface area contributed by atoms with Crippen molar-refractivity contribution >= 4 is 34.8 Å². The number of rotatable bonds is 2. The molecular weight excluding hydrogens is 286 g/mol. The Morgan fingerprint density at radius 1 is 1.53 bits per heavy atom. The van der Waals surface area contributed by atoms with Crippen LogP contribution in [0.5, 0.6) is 0 Å². The SMILES string of the molecule is Cc1nc(NC(=O)C2(C)CN(C)CCO2)sc1C.Cl. The Hall–Kier alpha value is -0.690. The van der Waals surface area contributed by atoms with Crippen LogP contribution in [0.25, 0.3) is 0 Å². The molecule has 1 N–H and O–H groups in total. The molecule has 0 saturated carbocycles. The first kappa shape index (κ1) is 16.4. The number of hydrogen-bond acceptors (Lipinski definition) is 5. The molecule has 0 radical (unpaired) electrons. The Bertz CT molecular complexity index is 446. The number of anilines is 1. The molecule has 2 rings (SSSR count). The van der Waals surface area contributed by atoms with E-state index in [-0.39, 0.29) is 18.3 Å². The number of halogens is 1. The number of morpholine rings is 1. The molecule has 1 amide bonds. The predicted molar refractivity (Wildman–Crippen MR) is 79.3 cm³/mol. The number of hydrogen-bond donors (Lipinski definition) is 1. The second-order valence-electron chi connectivity index (χ2n) is 4.93. The van der Waals surface area contributed by atoms with Gasteiger partial charge in [0.25, 0.3) is 5.91 Å². The Labute approximate surface area is 123 Å². The number of nitrogens with zero attached hydrogens (tertiary/aromatic N) is 2. The van der Waals surface area contributed by atoms with Crippen LogP contribution in [0.3, 0.4) is 0 Å². The third kappa shape index (κ3) is 3.66. The monoisotopic (exact) mass is 305 g/mol. The van der Waals surface area contributed by atoms with Crippen LogP contribution in [0.1, 0.15) is 17.5 Å². The van der Waals surface area contributed by atoms with Gasteiger partial charge in [-0.2, -0.15) is 0 Å². The fourth-order valence-corrected chi connectivity index (χ4v) is 2.77. The van der Waals surface area contributed by atoms with Gasteiger partial charge < -0.3 is 9.64 Å². The van der Waals surface area contributed by atoms with E-state index in [1.807, 2.05) is 27.8 Å². The highest BCUT2D eigenvalue weighted by Crippen LogP contribution is 2.24. The molecule has 108 valence electrons. The van der Waals surface area contributed by atoms with Gasteiger partial charge in [0.2, 0.25) is 0 Å². The molecule has 1 saturated heterocycles. The Kier molecular flexibility index (Phi) is 5.32. The van der Waals surface area contributed by atoms with Gasteiger partial charge in [-0.25, -0.2) is 4.98 Å². The Morgan fingerprint density at radius 2 is 2.21 bits per heavy atom. The summed E-state index contributed by atoms with van der Waals surface area (Å²) in [6, 6.07) is 0. The largest absolute Gasteiger partial charge is 0.363 e. The average molecular weight is 306 g/mol. The third-order valence-corrected chi connectivity index (χ3v) is 4.18. The van der Waals surface area contributed by atoms with E-state index in [2.05, 4.69) is 15.2 Å². The summed E-state index contributed by atoms with van der Waals surface area (Å²) in [7, 11) is 1.99. The maximum atomic E-state index is 12.3. The molecule has 5 nitrogen and oxygen atoms in total. The van der Waals surface area contributed by atoms with Crippen LogP contribution in [0.2, 0.25) is 0 Å². The number of carbonyl (C=O) groups is 1. The van der Waals surface area contributed by atoms with Crippen molar-refractivity contribution in [3.8, 4) is 0 Å². The van der Waals surface area contributed by atoms with Crippen molar-refractivity contribution in [1.29, 1.82) is 0 Å². The summed E-state index contributed by atoms with van der Waals surface area (Å²) in [5.74, 6) is -0.122. The van der Waals surface area contributed by atoms with Gasteiger partial charge in [0.1, 0.15) is 0 Å². The summed E-state index contributed by atoms with van der Waals surface area (Å²) in [5, 5.41) is 3.50. The molecule has 1 atom stereocenters. The highest BCUT2D eigenvalue weighted by molar-refractivity contribution is 7.15. The number of nitrogens with one attached hydrogen (secondary N) is 1. The number of amides is 1. The van der Waals surface area contributed by atoms with Crippen LogP contribution in [0, 0.1) is 13.8 Å². The van der Waals surface area contributed by atoms with Crippen molar-refractivity contribution in [2.24, 2.45) is 0 Å². The van der Waals surface area contributed by atoms with E-state index in [0.29, 0.717) is 18.3 Å². The number of carbonyl (C=O) groups excluding carboxylic acids is 1. The molecule has 0 bridgehead atoms. The van der Waals surface area contributed by atoms with E-state index in [4.69, 9.17) is 4.74 Å². The minimum absolute atomic E-state index is 0. The van der Waals surface area contributed by atoms with Crippen molar-refractivity contribution in [2.45, 2.75) is 26.4 Å². The molecule has 0 aromatic carbocycles. The quantitative estimate of drug-likeness (QED) is 0.906. The van der Waals surface area contributed by atoms with Crippen LogP contribution in [-0.4, -0.2) is 48.1 Å². The summed E-state index contributed by atoms with van der Waals surface area (Å²) in [6.45, 7) is 7.80. The van der Waals surface area contributed by atoms with Gasteiger partial charge >= 0.3 is 0 Å². The molecule has 1 fully saturated rings. The fourth-order valence-electron chi connectivity index (χ4n) is 1.96. The molecular formula is C12H20ClN3O2S. The highest BCUT2D eigenvalue weighted by Gasteiger charge is 2.38. The summed E-state index contributed by atoms with van der Waals surface area (Å²) in [5.41, 5.74) is 0.169. The molecule has 1 unspecified atom stereocenters. The van der Waals surface area contributed by atoms with E-state index < -0.39 is 5.60 Å². The van der Waals surface area contributed by atoms with Crippen molar-refractivity contribution in [3.05, 3.63) is 10.6 Å². The molecule has 19 heavy (non-hydrogen) atoms. The van der Waals surface area contributed by atoms with Gasteiger partial charge in [-0.15, -0.1) is 23.7 Å². The standard InChI is InChI=1S/C12H19N3O2S.ClH/c1-8-9(2)18-11(13-8)14-10(16)12(3)7-15(4)5-6-17-12;/h5-7H2,1-4H3,(H,13,14,16);1H. The minimum atomic E-state index is -0.791. The maximum absolute atomic E-state index is 12.3. The van der Waals surface area contributed by atoms with Gasteiger partial charge in [-0.1, -0.05) is 0 Å². The molecule has 1 aromatic heterocycles. The van der Waals surface area contributed by atoms with Gasteiger partial charge in [0.15, 0.2) is 10.7 Å². The summed E-state index contributed by atoms with van der Waals surface area (Å²) in [4.78, 5) is 19.8. The lowest BCUT2D eigenvalue weighted by Gasteiger charge is -2.37. The smallest absolute Gasteiger partial charge is 0.259 e. The van der Waals surface area contributed by atoms with Crippen LogP contribution in [0.15, 0.2) is 0 Å². The molecule has 2 heterocycles. The zero-order chi connectivity index (χ0) is 13.3. The first-order valence-corrected chi connectivity index (χ1v) is 6.80. The van der Waals surface area contributed by atoms with E-state index in [1.54, 1.807) is 0 Å². The van der Waals surface area contributed by atoms with Gasteiger partial charge in [-0.3, -0.25) is 10.1 Å². The summed E-state index contributed by atoms with van der Waals surface area (Å²) < 4.78 is 5.63. The fraction of sp³-hybridized carbons (Fsp3) is 0.667. The van der Waals surface area contributed by atoms with Crippen molar-refractivity contribution in [1.82, 2.24) is 9.88 Å². The average Bonchev–Trinajstić information content (AvgIpc) is 2.57. The number of likely N-dealkylation sites (N-methyl/N-ethyl adjacent to an activating group) is 1. The van der Waals surface area contributed by atoms with Crippen LogP contribution >= 0.6 is 23.7 Å². The van der Waals surface area contributed by atoms with Gasteiger partial charge in [0, 0.05) is 18.0 Å². The van der Waals surface area contributed by atoms with Crippen molar-refractivity contribution in [2.75, 3.05) is 32.1 Å². The maximum Gasteiger partial charge on any atom is 0.259 e. The van der Waals surface area contributed by atoms with Crippen LogP contribution < -0.4 is 5.32 Å². The molecule has 1 aliphatic heterocycles. The molecule has 1 aliphatic rings. The molecule has 0 spiro atoms. The number of thiazole rings is 1. The molecule has 7 heteroatoms. The van der Waals surface area contributed by atoms with Crippen LogP contribution in [0.4, 0.5) is 5.13 Å². The van der Waals surface area contributed by atoms with Crippen molar-refractivity contribution < 1.29 is 9.53 Å². The topological polar surface area (TPSA) is 54.5 Å². The zero-order valence-electron chi connectivity index (χ0n) is 11.6. The van der Waals surface area contributed by atoms with Crippen LogP contribution in [-0.2, 0) is 9.53 Å². The lowest BCUT2D eigenvalue weighted by Crippen LogP contribution is -2.55. The molecule has 1 aromatic rings.